The van der Waals surface area contributed by atoms with Gasteiger partial charge in [-0.05, 0) is 57.5 Å². The molecule has 8 nitrogen and oxygen atoms in total. The Morgan fingerprint density at radius 3 is 2.68 bits per heavy atom. The van der Waals surface area contributed by atoms with E-state index in [1.807, 2.05) is 13.8 Å². The Kier molecular flexibility index (Phi) is 6.64. The molecular weight excluding hydrogens is 418 g/mol. The lowest BCUT2D eigenvalue weighted by Gasteiger charge is -2.25. The summed E-state index contributed by atoms with van der Waals surface area (Å²) in [5.74, 6) is 0.380. The van der Waals surface area contributed by atoms with Gasteiger partial charge in [0.1, 0.15) is 5.82 Å². The molecule has 0 bridgehead atoms. The number of nitrogens with zero attached hydrogens (tertiary/aromatic N) is 2. The van der Waals surface area contributed by atoms with E-state index >= 15 is 0 Å². The van der Waals surface area contributed by atoms with Crippen molar-refractivity contribution in [3.05, 3.63) is 63.7 Å². The van der Waals surface area contributed by atoms with Crippen molar-refractivity contribution in [2.45, 2.75) is 38.8 Å². The molecule has 1 atom stereocenters. The molecule has 2 amide bonds. The van der Waals surface area contributed by atoms with Crippen LogP contribution in [0.1, 0.15) is 39.1 Å². The van der Waals surface area contributed by atoms with Crippen molar-refractivity contribution >= 4 is 34.2 Å². The van der Waals surface area contributed by atoms with Gasteiger partial charge >= 0.3 is 6.03 Å². The summed E-state index contributed by atoms with van der Waals surface area (Å²) in [5.41, 5.74) is 6.65. The first kappa shape index (κ1) is 22.7. The number of aliphatic hydroxyl groups is 1. The summed E-state index contributed by atoms with van der Waals surface area (Å²) in [5, 5.41) is 15.3. The maximum absolute atomic E-state index is 13.3. The molecule has 3 rings (SSSR count). The topological polar surface area (TPSA) is 122 Å². The van der Waals surface area contributed by atoms with Crippen LogP contribution in [0.3, 0.4) is 0 Å². The quantitative estimate of drug-likeness (QED) is 0.465. The highest BCUT2D eigenvalue weighted by Crippen LogP contribution is 2.23. The third kappa shape index (κ3) is 5.04. The Morgan fingerprint density at radius 2 is 2.00 bits per heavy atom. The first-order valence-electron chi connectivity index (χ1n) is 9.90. The van der Waals surface area contributed by atoms with Crippen LogP contribution in [0.25, 0.3) is 16.6 Å². The molecule has 0 radical (unpaired) electrons. The van der Waals surface area contributed by atoms with Crippen molar-refractivity contribution in [2.75, 3.05) is 11.9 Å². The van der Waals surface area contributed by atoms with Crippen molar-refractivity contribution < 1.29 is 9.90 Å². The fourth-order valence-corrected chi connectivity index (χ4v) is 3.55. The fourth-order valence-electron chi connectivity index (χ4n) is 3.30. The Morgan fingerprint density at radius 1 is 1.29 bits per heavy atom. The van der Waals surface area contributed by atoms with Gasteiger partial charge in [-0.2, -0.15) is 0 Å². The van der Waals surface area contributed by atoms with E-state index in [1.165, 1.54) is 4.57 Å². The minimum Gasteiger partial charge on any atom is -0.396 e. The number of fused-ring (bicyclic) bond motifs is 1. The van der Waals surface area contributed by atoms with Crippen LogP contribution in [0, 0.1) is 0 Å². The molecule has 0 aliphatic carbocycles. The zero-order chi connectivity index (χ0) is 22.8. The number of benzene rings is 2. The predicted octanol–water partition coefficient (Wildman–Crippen LogP) is 3.34. The van der Waals surface area contributed by atoms with Crippen LogP contribution < -0.4 is 21.9 Å². The number of urea groups is 1. The van der Waals surface area contributed by atoms with Crippen LogP contribution in [0.15, 0.2) is 47.3 Å². The third-order valence-corrected chi connectivity index (χ3v) is 5.15. The highest BCUT2D eigenvalue weighted by molar-refractivity contribution is 6.35. The number of nitrogens with one attached hydrogen (secondary N) is 2. The number of rotatable bonds is 6. The zero-order valence-electron chi connectivity index (χ0n) is 17.6. The molecule has 31 heavy (non-hydrogen) atoms. The summed E-state index contributed by atoms with van der Waals surface area (Å²) < 4.78 is 1.41. The lowest BCUT2D eigenvalue weighted by molar-refractivity contribution is 0.218. The van der Waals surface area contributed by atoms with Crippen molar-refractivity contribution in [3.8, 4) is 5.69 Å². The number of aromatic nitrogens is 2. The van der Waals surface area contributed by atoms with Gasteiger partial charge in [-0.25, -0.2) is 9.78 Å². The van der Waals surface area contributed by atoms with Gasteiger partial charge in [-0.3, -0.25) is 9.36 Å². The van der Waals surface area contributed by atoms with Gasteiger partial charge in [0.2, 0.25) is 0 Å². The summed E-state index contributed by atoms with van der Waals surface area (Å²) in [6, 6.07) is 11.0. The van der Waals surface area contributed by atoms with E-state index in [9.17, 15) is 9.59 Å². The second-order valence-electron chi connectivity index (χ2n) is 8.02. The molecule has 0 saturated carbocycles. The monoisotopic (exact) mass is 443 g/mol. The molecule has 3 aromatic rings. The number of nitrogens with two attached hydrogens (primary N) is 1. The third-order valence-electron chi connectivity index (χ3n) is 4.83. The second kappa shape index (κ2) is 9.05. The van der Waals surface area contributed by atoms with Gasteiger partial charge in [0.25, 0.3) is 5.56 Å². The molecule has 0 saturated heterocycles. The molecule has 0 aliphatic heterocycles. The minimum absolute atomic E-state index is 0.0384. The van der Waals surface area contributed by atoms with Gasteiger partial charge in [0, 0.05) is 17.8 Å². The number of carbonyl (C=O) groups excluding carboxylic acids is 1. The average Bonchev–Trinajstić information content (AvgIpc) is 2.67. The minimum atomic E-state index is -0.575. The molecule has 0 unspecified atom stereocenters. The first-order valence-corrected chi connectivity index (χ1v) is 10.3. The number of aliphatic hydroxyl groups excluding tert-OH is 1. The summed E-state index contributed by atoms with van der Waals surface area (Å²) >= 11 is 6.27. The number of hydrogen-bond acceptors (Lipinski definition) is 5. The summed E-state index contributed by atoms with van der Waals surface area (Å²) in [4.78, 5) is 30.3. The molecule has 2 aromatic carbocycles. The van der Waals surface area contributed by atoms with Crippen molar-refractivity contribution in [3.63, 3.8) is 0 Å². The molecule has 164 valence electrons. The molecule has 5 N–H and O–H groups in total. The number of halogens is 1. The average molecular weight is 444 g/mol. The van der Waals surface area contributed by atoms with Crippen molar-refractivity contribution in [2.24, 2.45) is 5.73 Å². The Hall–Kier alpha value is -2.94. The number of hydrogen-bond donors (Lipinski definition) is 4. The molecule has 0 spiro atoms. The predicted molar refractivity (Wildman–Crippen MR) is 123 cm³/mol. The molecule has 0 aliphatic rings. The van der Waals surface area contributed by atoms with Gasteiger partial charge < -0.3 is 21.5 Å². The van der Waals surface area contributed by atoms with Crippen LogP contribution in [0.5, 0.6) is 0 Å². The van der Waals surface area contributed by atoms with Crippen molar-refractivity contribution in [1.29, 1.82) is 0 Å². The Bertz CT molecular complexity index is 1170. The lowest BCUT2D eigenvalue weighted by Crippen LogP contribution is -2.46. The largest absolute Gasteiger partial charge is 0.396 e. The second-order valence-corrected chi connectivity index (χ2v) is 8.43. The summed E-state index contributed by atoms with van der Waals surface area (Å²) in [6.45, 7) is 5.34. The molecule has 1 heterocycles. The molecular formula is C22H26ClN5O3. The highest BCUT2D eigenvalue weighted by Gasteiger charge is 2.20. The van der Waals surface area contributed by atoms with E-state index in [1.54, 1.807) is 49.4 Å². The lowest BCUT2D eigenvalue weighted by atomic mass is 10.0. The molecule has 9 heteroatoms. The van der Waals surface area contributed by atoms with Gasteiger partial charge in [-0.15, -0.1) is 0 Å². The standard InChI is InChI=1S/C22H26ClN5O3/c1-13(24)19-26-17-9-5-8-16(23)18(17)20(30)28(19)15-7-4-6-14(12-15)25-21(31)27-22(2,3)10-11-29/h4-9,12-13,29H,10-11,24H2,1-3H3,(H2,25,27,31)/t13-/m0/s1. The Balaban J connectivity index is 2.03. The molecule has 1 aromatic heterocycles. The Labute approximate surface area is 185 Å². The van der Waals surface area contributed by atoms with E-state index < -0.39 is 17.6 Å². The SMILES string of the molecule is C[C@H](N)c1nc2cccc(Cl)c2c(=O)n1-c1cccc(NC(=O)NC(C)(C)CCO)c1. The number of carbonyl (C=O) groups is 1. The summed E-state index contributed by atoms with van der Waals surface area (Å²) in [6.07, 6.45) is 0.414. The normalized spacial score (nSPS) is 12.6. The maximum atomic E-state index is 13.3. The van der Waals surface area contributed by atoms with Gasteiger partial charge in [0.15, 0.2) is 0 Å². The van der Waals surface area contributed by atoms with Gasteiger partial charge in [0.05, 0.1) is 27.7 Å². The maximum Gasteiger partial charge on any atom is 0.319 e. The van der Waals surface area contributed by atoms with E-state index in [4.69, 9.17) is 22.4 Å². The van der Waals surface area contributed by atoms with Gasteiger partial charge in [-0.1, -0.05) is 23.7 Å². The van der Waals surface area contributed by atoms with E-state index in [-0.39, 0.29) is 12.2 Å². The van der Waals surface area contributed by atoms with Crippen LogP contribution in [-0.2, 0) is 0 Å². The number of anilines is 1. The smallest absolute Gasteiger partial charge is 0.319 e. The van der Waals surface area contributed by atoms with Crippen molar-refractivity contribution in [1.82, 2.24) is 14.9 Å². The van der Waals surface area contributed by atoms with E-state index in [0.717, 1.165) is 0 Å². The van der Waals surface area contributed by atoms with Crippen LogP contribution in [-0.4, -0.2) is 32.8 Å². The highest BCUT2D eigenvalue weighted by atomic mass is 35.5. The van der Waals surface area contributed by atoms with E-state index in [0.29, 0.717) is 39.5 Å². The van der Waals surface area contributed by atoms with Crippen LogP contribution in [0.4, 0.5) is 10.5 Å². The van der Waals surface area contributed by atoms with Crippen LogP contribution in [0.2, 0.25) is 5.02 Å². The van der Waals surface area contributed by atoms with Crippen LogP contribution >= 0.6 is 11.6 Å². The fraction of sp³-hybridized carbons (Fsp3) is 0.318. The first-order chi connectivity index (χ1) is 14.6. The zero-order valence-corrected chi connectivity index (χ0v) is 18.4. The number of amides is 2. The molecule has 0 fully saturated rings. The summed E-state index contributed by atoms with van der Waals surface area (Å²) in [7, 11) is 0. The van der Waals surface area contributed by atoms with E-state index in [2.05, 4.69) is 15.6 Å².